The van der Waals surface area contributed by atoms with Crippen LogP contribution in [0.2, 0.25) is 0 Å². The van der Waals surface area contributed by atoms with E-state index in [1.807, 2.05) is 0 Å². The van der Waals surface area contributed by atoms with E-state index in [-0.39, 0.29) is 17.0 Å². The Morgan fingerprint density at radius 3 is 1.77 bits per heavy atom. The first kappa shape index (κ1) is 21.8. The van der Waals surface area contributed by atoms with Crippen LogP contribution in [0.5, 0.6) is 0 Å². The third kappa shape index (κ3) is 12.3. The number of rotatable bonds is 13. The number of nitrogens with zero attached hydrogens (tertiary/aromatic N) is 1. The first-order valence-corrected chi connectivity index (χ1v) is 9.42. The number of hydrogen-bond donors (Lipinski definition) is 0. The first-order chi connectivity index (χ1) is 10.3. The van der Waals surface area contributed by atoms with Gasteiger partial charge in [0.1, 0.15) is 0 Å². The maximum Gasteiger partial charge on any atom is 0.0359 e. The minimum Gasteiger partial charge on any atom is -0.374 e. The summed E-state index contributed by atoms with van der Waals surface area (Å²) in [6.45, 7) is 6.81. The second kappa shape index (κ2) is 15.6. The SMILES string of the molecule is Br.CCCCCCCCCCCCCCN1C=CC(C)=CC1. The van der Waals surface area contributed by atoms with Crippen LogP contribution in [-0.4, -0.2) is 18.0 Å². The van der Waals surface area contributed by atoms with Crippen molar-refractivity contribution < 1.29 is 0 Å². The van der Waals surface area contributed by atoms with Crippen molar-refractivity contribution in [2.75, 3.05) is 13.1 Å². The van der Waals surface area contributed by atoms with Crippen molar-refractivity contribution >= 4 is 17.0 Å². The maximum absolute atomic E-state index is 2.43. The lowest BCUT2D eigenvalue weighted by molar-refractivity contribution is 0.390. The second-order valence-corrected chi connectivity index (χ2v) is 6.65. The highest BCUT2D eigenvalue weighted by Crippen LogP contribution is 2.13. The van der Waals surface area contributed by atoms with Crippen LogP contribution >= 0.6 is 17.0 Å². The van der Waals surface area contributed by atoms with Crippen LogP contribution in [0, 0.1) is 0 Å². The van der Waals surface area contributed by atoms with Crippen LogP contribution in [0.15, 0.2) is 23.9 Å². The molecule has 0 amide bonds. The summed E-state index contributed by atoms with van der Waals surface area (Å²) in [5.74, 6) is 0. The van der Waals surface area contributed by atoms with Crippen LogP contribution in [0.1, 0.15) is 90.9 Å². The molecule has 1 nitrogen and oxygen atoms in total. The van der Waals surface area contributed by atoms with Crippen molar-refractivity contribution in [2.24, 2.45) is 0 Å². The molecule has 2 heteroatoms. The molecule has 0 aromatic rings. The topological polar surface area (TPSA) is 3.24 Å². The molecule has 0 N–H and O–H groups in total. The van der Waals surface area contributed by atoms with Gasteiger partial charge < -0.3 is 4.90 Å². The van der Waals surface area contributed by atoms with Crippen molar-refractivity contribution in [1.29, 1.82) is 0 Å². The molecule has 0 spiro atoms. The van der Waals surface area contributed by atoms with E-state index >= 15 is 0 Å². The molecule has 22 heavy (non-hydrogen) atoms. The van der Waals surface area contributed by atoms with Crippen LogP contribution in [-0.2, 0) is 0 Å². The highest BCUT2D eigenvalue weighted by molar-refractivity contribution is 8.93. The molecule has 0 radical (unpaired) electrons. The van der Waals surface area contributed by atoms with Gasteiger partial charge in [-0.25, -0.2) is 0 Å². The second-order valence-electron chi connectivity index (χ2n) is 6.65. The molecular formula is C20H38BrN. The number of halogens is 1. The summed E-state index contributed by atoms with van der Waals surface area (Å²) in [4.78, 5) is 2.43. The average Bonchev–Trinajstić information content (AvgIpc) is 2.50. The summed E-state index contributed by atoms with van der Waals surface area (Å²) in [5, 5.41) is 0. The lowest BCUT2D eigenvalue weighted by Crippen LogP contribution is -2.20. The van der Waals surface area contributed by atoms with Crippen molar-refractivity contribution in [1.82, 2.24) is 4.90 Å². The zero-order valence-corrected chi connectivity index (χ0v) is 16.7. The highest BCUT2D eigenvalue weighted by atomic mass is 79.9. The lowest BCUT2D eigenvalue weighted by atomic mass is 10.1. The maximum atomic E-state index is 2.43. The predicted molar refractivity (Wildman–Crippen MR) is 106 cm³/mol. The Morgan fingerprint density at radius 1 is 0.818 bits per heavy atom. The molecule has 0 unspecified atom stereocenters. The Balaban J connectivity index is 0.00000441. The summed E-state index contributed by atoms with van der Waals surface area (Å²) in [7, 11) is 0. The van der Waals surface area contributed by atoms with Crippen LogP contribution < -0.4 is 0 Å². The van der Waals surface area contributed by atoms with E-state index in [9.17, 15) is 0 Å². The van der Waals surface area contributed by atoms with Crippen LogP contribution in [0.4, 0.5) is 0 Å². The van der Waals surface area contributed by atoms with Crippen molar-refractivity contribution in [3.8, 4) is 0 Å². The lowest BCUT2D eigenvalue weighted by Gasteiger charge is -2.21. The first-order valence-electron chi connectivity index (χ1n) is 9.42. The Labute approximate surface area is 150 Å². The molecule has 0 aromatic carbocycles. The van der Waals surface area contributed by atoms with Gasteiger partial charge in [0.2, 0.25) is 0 Å². The van der Waals surface area contributed by atoms with E-state index in [4.69, 9.17) is 0 Å². The quantitative estimate of drug-likeness (QED) is 0.313. The zero-order chi connectivity index (χ0) is 15.2. The number of allylic oxidation sites excluding steroid dienone is 2. The monoisotopic (exact) mass is 371 g/mol. The van der Waals surface area contributed by atoms with Gasteiger partial charge in [-0.2, -0.15) is 0 Å². The van der Waals surface area contributed by atoms with Crippen molar-refractivity contribution in [2.45, 2.75) is 90.9 Å². The summed E-state index contributed by atoms with van der Waals surface area (Å²) in [6, 6.07) is 0. The largest absolute Gasteiger partial charge is 0.374 e. The van der Waals surface area contributed by atoms with Gasteiger partial charge in [0.25, 0.3) is 0 Å². The molecule has 1 rings (SSSR count). The predicted octanol–water partition coefficient (Wildman–Crippen LogP) is 7.04. The fraction of sp³-hybridized carbons (Fsp3) is 0.800. The third-order valence-electron chi connectivity index (χ3n) is 4.49. The van der Waals surface area contributed by atoms with Gasteiger partial charge in [-0.1, -0.05) is 89.2 Å². The summed E-state index contributed by atoms with van der Waals surface area (Å²) < 4.78 is 0. The molecule has 0 fully saturated rings. The molecule has 0 atom stereocenters. The highest BCUT2D eigenvalue weighted by Gasteiger charge is 2.01. The normalized spacial score (nSPS) is 13.9. The summed E-state index contributed by atoms with van der Waals surface area (Å²) >= 11 is 0. The standard InChI is InChI=1S/C20H37N.BrH/c1-3-4-5-6-7-8-9-10-11-12-13-14-17-21-18-15-20(2)16-19-21;/h15-16,18H,3-14,17,19H2,1-2H3;1H. The van der Waals surface area contributed by atoms with Gasteiger partial charge in [-0.15, -0.1) is 17.0 Å². The van der Waals surface area contributed by atoms with E-state index < -0.39 is 0 Å². The van der Waals surface area contributed by atoms with Crippen LogP contribution in [0.25, 0.3) is 0 Å². The Kier molecular flexibility index (Phi) is 15.5. The minimum absolute atomic E-state index is 0. The Bertz CT molecular complexity index is 296. The minimum atomic E-state index is 0. The van der Waals surface area contributed by atoms with Gasteiger partial charge in [0, 0.05) is 13.1 Å². The Hall–Kier alpha value is -0.240. The van der Waals surface area contributed by atoms with Gasteiger partial charge >= 0.3 is 0 Å². The molecule has 1 heterocycles. The van der Waals surface area contributed by atoms with E-state index in [2.05, 4.69) is 37.1 Å². The van der Waals surface area contributed by atoms with Gasteiger partial charge in [-0.3, -0.25) is 0 Å². The fourth-order valence-electron chi connectivity index (χ4n) is 2.93. The number of hydrogen-bond acceptors (Lipinski definition) is 1. The van der Waals surface area contributed by atoms with Gasteiger partial charge in [0.05, 0.1) is 0 Å². The van der Waals surface area contributed by atoms with Crippen molar-refractivity contribution in [3.05, 3.63) is 23.9 Å². The number of unbranched alkanes of at least 4 members (excludes halogenated alkanes) is 11. The fourth-order valence-corrected chi connectivity index (χ4v) is 2.93. The van der Waals surface area contributed by atoms with Crippen molar-refractivity contribution in [3.63, 3.8) is 0 Å². The molecule has 1 aliphatic heterocycles. The molecular weight excluding hydrogens is 334 g/mol. The molecule has 0 aromatic heterocycles. The van der Waals surface area contributed by atoms with E-state index in [0.29, 0.717) is 0 Å². The molecule has 0 aliphatic carbocycles. The summed E-state index contributed by atoms with van der Waals surface area (Å²) in [6.07, 6.45) is 24.0. The van der Waals surface area contributed by atoms with Crippen LogP contribution in [0.3, 0.4) is 0 Å². The molecule has 1 aliphatic rings. The average molecular weight is 372 g/mol. The molecule has 0 saturated heterocycles. The van der Waals surface area contributed by atoms with E-state index in [1.54, 1.807) is 0 Å². The third-order valence-corrected chi connectivity index (χ3v) is 4.49. The van der Waals surface area contributed by atoms with Gasteiger partial charge in [-0.05, 0) is 25.6 Å². The van der Waals surface area contributed by atoms with Gasteiger partial charge in [0.15, 0.2) is 0 Å². The molecule has 0 bridgehead atoms. The Morgan fingerprint density at radius 2 is 1.32 bits per heavy atom. The molecule has 0 saturated carbocycles. The van der Waals surface area contributed by atoms with E-state index in [0.717, 1.165) is 6.54 Å². The smallest absolute Gasteiger partial charge is 0.0359 e. The molecule has 130 valence electrons. The van der Waals surface area contributed by atoms with E-state index in [1.165, 1.54) is 89.2 Å². The summed E-state index contributed by atoms with van der Waals surface area (Å²) in [5.41, 5.74) is 1.40. The zero-order valence-electron chi connectivity index (χ0n) is 15.0.